The Bertz CT molecular complexity index is 1130. The van der Waals surface area contributed by atoms with Crippen molar-refractivity contribution >= 4 is 63.5 Å². The van der Waals surface area contributed by atoms with E-state index < -0.39 is 12.1 Å². The molecular formula is C23H22N2O6S2. The van der Waals surface area contributed by atoms with Crippen LogP contribution in [0.25, 0.3) is 6.08 Å². The summed E-state index contributed by atoms with van der Waals surface area (Å²) in [6, 6.07) is 11.8. The van der Waals surface area contributed by atoms with Crippen LogP contribution in [-0.2, 0) is 14.4 Å². The molecule has 10 heteroatoms. The smallest absolute Gasteiger partial charge is 0.344 e. The molecule has 2 aromatic carbocycles. The maximum absolute atomic E-state index is 13.0. The van der Waals surface area contributed by atoms with Crippen LogP contribution in [0.4, 0.5) is 11.4 Å². The van der Waals surface area contributed by atoms with E-state index in [1.165, 1.54) is 30.5 Å². The second-order valence-electron chi connectivity index (χ2n) is 6.98. The Morgan fingerprint density at radius 3 is 2.52 bits per heavy atom. The van der Waals surface area contributed by atoms with Crippen molar-refractivity contribution in [3.8, 4) is 11.5 Å². The van der Waals surface area contributed by atoms with Crippen molar-refractivity contribution in [3.63, 3.8) is 0 Å². The highest BCUT2D eigenvalue weighted by Gasteiger charge is 2.33. The maximum Gasteiger partial charge on any atom is 0.344 e. The average molecular weight is 487 g/mol. The zero-order valence-corrected chi connectivity index (χ0v) is 19.8. The summed E-state index contributed by atoms with van der Waals surface area (Å²) in [6.07, 6.45) is 0.654. The lowest BCUT2D eigenvalue weighted by Crippen LogP contribution is -2.27. The van der Waals surface area contributed by atoms with Crippen molar-refractivity contribution in [1.29, 1.82) is 0 Å². The number of ether oxygens (including phenoxy) is 2. The van der Waals surface area contributed by atoms with Crippen LogP contribution in [0.1, 0.15) is 26.3 Å². The SMILES string of the molecule is CCOc1cc(/C=C2/SC(=S)N(c3ccc(NC(C)=O)cc3)C2=O)ccc1OC(C)C(=O)O. The maximum atomic E-state index is 13.0. The quantitative estimate of drug-likeness (QED) is 0.420. The van der Waals surface area contributed by atoms with Gasteiger partial charge in [-0.05, 0) is 61.9 Å². The number of carbonyl (C=O) groups excluding carboxylic acids is 2. The minimum atomic E-state index is -1.09. The lowest BCUT2D eigenvalue weighted by Gasteiger charge is -2.15. The predicted molar refractivity (Wildman–Crippen MR) is 132 cm³/mol. The van der Waals surface area contributed by atoms with Gasteiger partial charge in [-0.2, -0.15) is 0 Å². The van der Waals surface area contributed by atoms with Gasteiger partial charge in [0.2, 0.25) is 5.91 Å². The molecule has 3 rings (SSSR count). The summed E-state index contributed by atoms with van der Waals surface area (Å²) in [5, 5.41) is 11.8. The number of hydrogen-bond donors (Lipinski definition) is 2. The second kappa shape index (κ2) is 10.5. The Kier molecular flexibility index (Phi) is 7.72. The Morgan fingerprint density at radius 2 is 1.91 bits per heavy atom. The molecule has 172 valence electrons. The predicted octanol–water partition coefficient (Wildman–Crippen LogP) is 4.30. The van der Waals surface area contributed by atoms with E-state index in [-0.39, 0.29) is 11.8 Å². The first kappa shape index (κ1) is 24.3. The molecule has 1 fully saturated rings. The number of carboxylic acids is 1. The first-order valence-corrected chi connectivity index (χ1v) is 11.2. The van der Waals surface area contributed by atoms with Crippen LogP contribution in [0.2, 0.25) is 0 Å². The number of anilines is 2. The third-order valence-corrected chi connectivity index (χ3v) is 5.76. The lowest BCUT2D eigenvalue weighted by atomic mass is 10.1. The molecule has 1 saturated heterocycles. The van der Waals surface area contributed by atoms with E-state index in [1.54, 1.807) is 55.5 Å². The fraction of sp³-hybridized carbons (Fsp3) is 0.217. The first-order valence-electron chi connectivity index (χ1n) is 10.0. The van der Waals surface area contributed by atoms with Gasteiger partial charge in [-0.15, -0.1) is 0 Å². The zero-order chi connectivity index (χ0) is 24.1. The zero-order valence-electron chi connectivity index (χ0n) is 18.2. The Hall–Kier alpha value is -3.37. The molecule has 0 aliphatic carbocycles. The number of amides is 2. The van der Waals surface area contributed by atoms with Crippen LogP contribution in [0.5, 0.6) is 11.5 Å². The molecule has 1 atom stereocenters. The highest BCUT2D eigenvalue weighted by molar-refractivity contribution is 8.27. The van der Waals surface area contributed by atoms with Crippen LogP contribution in [0, 0.1) is 0 Å². The number of thioether (sulfide) groups is 1. The Balaban J connectivity index is 1.84. The van der Waals surface area contributed by atoms with Crippen LogP contribution in [0.15, 0.2) is 47.4 Å². The molecule has 1 unspecified atom stereocenters. The Labute approximate surface area is 200 Å². The molecular weight excluding hydrogens is 464 g/mol. The molecule has 0 saturated carbocycles. The molecule has 1 aliphatic rings. The van der Waals surface area contributed by atoms with Gasteiger partial charge in [-0.1, -0.05) is 30.0 Å². The largest absolute Gasteiger partial charge is 0.490 e. The molecule has 33 heavy (non-hydrogen) atoms. The van der Waals surface area contributed by atoms with Crippen molar-refractivity contribution in [2.75, 3.05) is 16.8 Å². The summed E-state index contributed by atoms with van der Waals surface area (Å²) in [4.78, 5) is 37.2. The molecule has 2 aromatic rings. The molecule has 8 nitrogen and oxygen atoms in total. The fourth-order valence-electron chi connectivity index (χ4n) is 2.96. The van der Waals surface area contributed by atoms with Crippen molar-refractivity contribution in [2.24, 2.45) is 0 Å². The summed E-state index contributed by atoms with van der Waals surface area (Å²) in [5.41, 5.74) is 1.89. The van der Waals surface area contributed by atoms with E-state index in [9.17, 15) is 14.4 Å². The summed E-state index contributed by atoms with van der Waals surface area (Å²) < 4.78 is 11.4. The highest BCUT2D eigenvalue weighted by Crippen LogP contribution is 2.37. The van der Waals surface area contributed by atoms with E-state index in [0.29, 0.717) is 44.3 Å². The second-order valence-corrected chi connectivity index (χ2v) is 8.66. The highest BCUT2D eigenvalue weighted by atomic mass is 32.2. The normalized spacial score (nSPS) is 15.5. The number of thiocarbonyl (C=S) groups is 1. The van der Waals surface area contributed by atoms with E-state index in [4.69, 9.17) is 26.8 Å². The third-order valence-electron chi connectivity index (χ3n) is 4.46. The average Bonchev–Trinajstić information content (AvgIpc) is 3.03. The number of carboxylic acid groups (broad SMARTS) is 1. The standard InChI is InChI=1S/C23H22N2O6S2/c1-4-30-19-11-15(5-10-18(19)31-13(2)22(28)29)12-20-21(27)25(23(32)33-20)17-8-6-16(7-9-17)24-14(3)26/h5-13H,4H2,1-3H3,(H,24,26)(H,28,29)/b20-12+. The van der Waals surface area contributed by atoms with E-state index in [2.05, 4.69) is 5.32 Å². The van der Waals surface area contributed by atoms with Crippen molar-refractivity contribution in [1.82, 2.24) is 0 Å². The van der Waals surface area contributed by atoms with Crippen LogP contribution < -0.4 is 19.7 Å². The van der Waals surface area contributed by atoms with Crippen LogP contribution in [-0.4, -0.2) is 39.9 Å². The summed E-state index contributed by atoms with van der Waals surface area (Å²) in [5.74, 6) is -0.860. The minimum absolute atomic E-state index is 0.184. The molecule has 0 radical (unpaired) electrons. The molecule has 0 bridgehead atoms. The number of hydrogen-bond acceptors (Lipinski definition) is 7. The van der Waals surface area contributed by atoms with Gasteiger partial charge in [0.05, 0.1) is 17.2 Å². The van der Waals surface area contributed by atoms with Gasteiger partial charge >= 0.3 is 5.97 Å². The molecule has 0 aromatic heterocycles. The minimum Gasteiger partial charge on any atom is -0.490 e. The topological polar surface area (TPSA) is 105 Å². The third kappa shape index (κ3) is 5.91. The number of rotatable bonds is 8. The lowest BCUT2D eigenvalue weighted by molar-refractivity contribution is -0.144. The van der Waals surface area contributed by atoms with Gasteiger partial charge in [0, 0.05) is 12.6 Å². The number of carbonyl (C=O) groups is 3. The summed E-state index contributed by atoms with van der Waals surface area (Å²) in [6.45, 7) is 5.01. The molecule has 0 spiro atoms. The van der Waals surface area contributed by atoms with Gasteiger partial charge in [0.25, 0.3) is 5.91 Å². The number of nitrogens with zero attached hydrogens (tertiary/aromatic N) is 1. The van der Waals surface area contributed by atoms with E-state index in [0.717, 1.165) is 0 Å². The van der Waals surface area contributed by atoms with Crippen molar-refractivity contribution in [3.05, 3.63) is 52.9 Å². The van der Waals surface area contributed by atoms with Crippen LogP contribution >= 0.6 is 24.0 Å². The van der Waals surface area contributed by atoms with Gasteiger partial charge in [-0.3, -0.25) is 14.5 Å². The fourth-order valence-corrected chi connectivity index (χ4v) is 4.26. The van der Waals surface area contributed by atoms with Gasteiger partial charge in [0.15, 0.2) is 21.9 Å². The summed E-state index contributed by atoms with van der Waals surface area (Å²) >= 11 is 6.59. The number of nitrogens with one attached hydrogen (secondary N) is 1. The molecule has 2 N–H and O–H groups in total. The Morgan fingerprint density at radius 1 is 1.21 bits per heavy atom. The van der Waals surface area contributed by atoms with Gasteiger partial charge in [0.1, 0.15) is 0 Å². The molecule has 1 aliphatic heterocycles. The molecule has 1 heterocycles. The first-order chi connectivity index (χ1) is 15.7. The van der Waals surface area contributed by atoms with E-state index >= 15 is 0 Å². The monoisotopic (exact) mass is 486 g/mol. The number of aliphatic carboxylic acids is 1. The van der Waals surface area contributed by atoms with E-state index in [1.807, 2.05) is 0 Å². The van der Waals surface area contributed by atoms with Gasteiger partial charge in [-0.25, -0.2) is 4.79 Å². The molecule has 2 amide bonds. The van der Waals surface area contributed by atoms with Crippen LogP contribution in [0.3, 0.4) is 0 Å². The summed E-state index contributed by atoms with van der Waals surface area (Å²) in [7, 11) is 0. The number of benzene rings is 2. The van der Waals surface area contributed by atoms with Crippen molar-refractivity contribution in [2.45, 2.75) is 26.9 Å². The van der Waals surface area contributed by atoms with Gasteiger partial charge < -0.3 is 19.9 Å². The van der Waals surface area contributed by atoms with Crippen molar-refractivity contribution < 1.29 is 29.0 Å².